The lowest BCUT2D eigenvalue weighted by atomic mass is 10.2. The van der Waals surface area contributed by atoms with Crippen LogP contribution in [0.3, 0.4) is 0 Å². The van der Waals surface area contributed by atoms with Gasteiger partial charge in [0.2, 0.25) is 0 Å². The fraction of sp³-hybridized carbons (Fsp3) is 0.875. The van der Waals surface area contributed by atoms with Gasteiger partial charge in [-0.25, -0.2) is 8.42 Å². The van der Waals surface area contributed by atoms with Gasteiger partial charge in [0.25, 0.3) is 0 Å². The molecule has 14 heavy (non-hydrogen) atoms. The minimum Gasteiger partial charge on any atom is -0.354 e. The second-order valence-electron chi connectivity index (χ2n) is 4.13. The highest BCUT2D eigenvalue weighted by molar-refractivity contribution is 7.92. The monoisotopic (exact) mass is 215 g/mol. The smallest absolute Gasteiger partial charge is 0.194 e. The van der Waals surface area contributed by atoms with Crippen molar-refractivity contribution in [1.29, 1.82) is 0 Å². The van der Waals surface area contributed by atoms with Crippen LogP contribution < -0.4 is 5.32 Å². The van der Waals surface area contributed by atoms with E-state index in [-0.39, 0.29) is 11.3 Å². The summed E-state index contributed by atoms with van der Waals surface area (Å²) in [6.07, 6.45) is 0.795. The molecule has 3 aliphatic rings. The Kier molecular flexibility index (Phi) is 1.60. The summed E-state index contributed by atoms with van der Waals surface area (Å²) >= 11 is 0. The fourth-order valence-electron chi connectivity index (χ4n) is 2.53. The van der Waals surface area contributed by atoms with Gasteiger partial charge >= 0.3 is 0 Å². The predicted octanol–water partition coefficient (Wildman–Crippen LogP) is -1.18. The molecule has 2 bridgehead atoms. The van der Waals surface area contributed by atoms with Crippen LogP contribution in [0.1, 0.15) is 6.42 Å². The average Bonchev–Trinajstić information content (AvgIpc) is 2.71. The lowest BCUT2D eigenvalue weighted by Crippen LogP contribution is -2.47. The molecule has 3 heterocycles. The van der Waals surface area contributed by atoms with E-state index in [1.807, 2.05) is 0 Å². The SMILES string of the molecule is O=S1(=O)CC2CC1CN2C1=NCCN1. The van der Waals surface area contributed by atoms with E-state index in [1.54, 1.807) is 0 Å². The molecule has 6 heteroatoms. The van der Waals surface area contributed by atoms with Crippen LogP contribution in [0.2, 0.25) is 0 Å². The first-order chi connectivity index (χ1) is 6.67. The number of aliphatic imine (C=N–C) groups is 1. The summed E-state index contributed by atoms with van der Waals surface area (Å²) in [5.41, 5.74) is 0. The van der Waals surface area contributed by atoms with Crippen LogP contribution in [0.4, 0.5) is 0 Å². The maximum absolute atomic E-state index is 11.5. The van der Waals surface area contributed by atoms with E-state index in [0.717, 1.165) is 25.5 Å². The van der Waals surface area contributed by atoms with E-state index < -0.39 is 9.84 Å². The van der Waals surface area contributed by atoms with Gasteiger partial charge in [-0.05, 0) is 6.42 Å². The Morgan fingerprint density at radius 2 is 2.36 bits per heavy atom. The topological polar surface area (TPSA) is 61.8 Å². The first-order valence-corrected chi connectivity index (χ1v) is 6.65. The van der Waals surface area contributed by atoms with Gasteiger partial charge in [-0.3, -0.25) is 4.99 Å². The van der Waals surface area contributed by atoms with Crippen LogP contribution in [0.5, 0.6) is 0 Å². The summed E-state index contributed by atoms with van der Waals surface area (Å²) in [4.78, 5) is 6.44. The summed E-state index contributed by atoms with van der Waals surface area (Å²) in [6.45, 7) is 2.34. The average molecular weight is 215 g/mol. The van der Waals surface area contributed by atoms with Crippen LogP contribution >= 0.6 is 0 Å². The van der Waals surface area contributed by atoms with Crippen molar-refractivity contribution in [2.45, 2.75) is 17.7 Å². The first kappa shape index (κ1) is 8.52. The third-order valence-electron chi connectivity index (χ3n) is 3.24. The van der Waals surface area contributed by atoms with Crippen molar-refractivity contribution in [3.05, 3.63) is 0 Å². The van der Waals surface area contributed by atoms with Crippen molar-refractivity contribution in [3.8, 4) is 0 Å². The molecule has 0 aromatic rings. The van der Waals surface area contributed by atoms with E-state index >= 15 is 0 Å². The third kappa shape index (κ3) is 1.06. The Bertz CT molecular complexity index is 389. The van der Waals surface area contributed by atoms with Gasteiger partial charge in [-0.1, -0.05) is 0 Å². The Balaban J connectivity index is 1.83. The van der Waals surface area contributed by atoms with Crippen molar-refractivity contribution in [3.63, 3.8) is 0 Å². The minimum absolute atomic E-state index is 0.141. The van der Waals surface area contributed by atoms with Crippen molar-refractivity contribution < 1.29 is 8.42 Å². The summed E-state index contributed by atoms with van der Waals surface area (Å²) in [5, 5.41) is 3.05. The zero-order valence-electron chi connectivity index (χ0n) is 7.81. The number of guanidine groups is 1. The van der Waals surface area contributed by atoms with E-state index in [2.05, 4.69) is 15.2 Å². The van der Waals surface area contributed by atoms with Crippen LogP contribution in [-0.4, -0.2) is 56.0 Å². The molecule has 5 nitrogen and oxygen atoms in total. The van der Waals surface area contributed by atoms with Gasteiger partial charge in [-0.2, -0.15) is 0 Å². The quantitative estimate of drug-likeness (QED) is 0.552. The van der Waals surface area contributed by atoms with Crippen molar-refractivity contribution >= 4 is 15.8 Å². The second-order valence-corrected chi connectivity index (χ2v) is 6.45. The second kappa shape index (κ2) is 2.62. The summed E-state index contributed by atoms with van der Waals surface area (Å²) < 4.78 is 23.0. The van der Waals surface area contributed by atoms with Crippen molar-refractivity contribution in [1.82, 2.24) is 10.2 Å². The maximum Gasteiger partial charge on any atom is 0.194 e. The molecule has 0 aliphatic carbocycles. The lowest BCUT2D eigenvalue weighted by Gasteiger charge is -2.28. The summed E-state index contributed by atoms with van der Waals surface area (Å²) in [7, 11) is -2.77. The highest BCUT2D eigenvalue weighted by Crippen LogP contribution is 2.32. The molecule has 2 saturated heterocycles. The van der Waals surface area contributed by atoms with Crippen LogP contribution in [0, 0.1) is 0 Å². The molecule has 3 aliphatic heterocycles. The van der Waals surface area contributed by atoms with E-state index in [1.165, 1.54) is 0 Å². The number of hydrogen-bond donors (Lipinski definition) is 1. The number of hydrogen-bond acceptors (Lipinski definition) is 5. The molecular formula is C8H13N3O2S. The van der Waals surface area contributed by atoms with Crippen LogP contribution in [0.25, 0.3) is 0 Å². The molecule has 3 rings (SSSR count). The maximum atomic E-state index is 11.5. The zero-order chi connectivity index (χ0) is 9.76. The number of nitrogens with one attached hydrogen (secondary N) is 1. The highest BCUT2D eigenvalue weighted by Gasteiger charge is 2.49. The molecule has 0 radical (unpaired) electrons. The molecule has 2 atom stereocenters. The van der Waals surface area contributed by atoms with E-state index in [4.69, 9.17) is 0 Å². The summed E-state index contributed by atoms with van der Waals surface area (Å²) in [5.74, 6) is 1.23. The first-order valence-electron chi connectivity index (χ1n) is 4.93. The normalized spacial score (nSPS) is 38.6. The van der Waals surface area contributed by atoms with Gasteiger partial charge in [0, 0.05) is 19.1 Å². The molecule has 2 unspecified atom stereocenters. The molecule has 0 amide bonds. The Morgan fingerprint density at radius 3 is 2.86 bits per heavy atom. The van der Waals surface area contributed by atoms with Crippen LogP contribution in [0.15, 0.2) is 4.99 Å². The standard InChI is InChI=1S/C8H13N3O2S/c12-14(13)5-6-3-7(14)4-11(6)8-9-1-2-10-8/h6-7H,1-5H2,(H,9,10). The van der Waals surface area contributed by atoms with Gasteiger partial charge in [-0.15, -0.1) is 0 Å². The predicted molar refractivity (Wildman–Crippen MR) is 53.0 cm³/mol. The molecule has 0 aromatic heterocycles. The number of rotatable bonds is 0. The van der Waals surface area contributed by atoms with Gasteiger partial charge in [0.1, 0.15) is 0 Å². The number of nitrogens with zero attached hydrogens (tertiary/aromatic N) is 2. The molecule has 0 saturated carbocycles. The molecule has 2 fully saturated rings. The van der Waals surface area contributed by atoms with Gasteiger partial charge < -0.3 is 10.2 Å². The fourth-order valence-corrected chi connectivity index (χ4v) is 4.56. The minimum atomic E-state index is -2.77. The Morgan fingerprint density at radius 1 is 1.50 bits per heavy atom. The Hall–Kier alpha value is -0.780. The highest BCUT2D eigenvalue weighted by atomic mass is 32.2. The van der Waals surface area contributed by atoms with Gasteiger partial charge in [0.15, 0.2) is 15.8 Å². The number of likely N-dealkylation sites (tertiary alicyclic amines) is 1. The Labute approximate surface area is 83.1 Å². The lowest BCUT2D eigenvalue weighted by molar-refractivity contribution is 0.397. The number of fused-ring (bicyclic) bond motifs is 2. The van der Waals surface area contributed by atoms with E-state index in [9.17, 15) is 8.42 Å². The van der Waals surface area contributed by atoms with Crippen LogP contribution in [-0.2, 0) is 9.84 Å². The van der Waals surface area contributed by atoms with Crippen molar-refractivity contribution in [2.24, 2.45) is 4.99 Å². The van der Waals surface area contributed by atoms with Gasteiger partial charge in [0.05, 0.1) is 17.5 Å². The third-order valence-corrected chi connectivity index (χ3v) is 5.44. The molecule has 1 N–H and O–H groups in total. The molecule has 0 spiro atoms. The van der Waals surface area contributed by atoms with E-state index in [0.29, 0.717) is 12.3 Å². The molecule has 78 valence electrons. The molecule has 0 aromatic carbocycles. The largest absolute Gasteiger partial charge is 0.354 e. The molecular weight excluding hydrogens is 202 g/mol. The number of sulfone groups is 1. The summed E-state index contributed by atoms with van der Waals surface area (Å²) in [6, 6.07) is 0.175. The van der Waals surface area contributed by atoms with Crippen molar-refractivity contribution in [2.75, 3.05) is 25.4 Å². The zero-order valence-corrected chi connectivity index (χ0v) is 8.63.